The Balaban J connectivity index is 3.06. The first-order chi connectivity index (χ1) is 16.9. The molecular formula is C30H52O6. The molecule has 0 spiro atoms. The SMILES string of the molecule is CCC(O)CCCC1OC(=O)/C=C/C=C/CC(O)CC(O)C(C)C(O)C(C)C/C(C)=C/C(C)CC1C. The van der Waals surface area contributed by atoms with E-state index in [2.05, 4.69) is 26.8 Å². The normalized spacial score (nSPS) is 38.3. The van der Waals surface area contributed by atoms with Crippen molar-refractivity contribution in [1.82, 2.24) is 0 Å². The Bertz CT molecular complexity index is 714. The third kappa shape index (κ3) is 12.7. The monoisotopic (exact) mass is 508 g/mol. The molecule has 208 valence electrons. The second-order valence-electron chi connectivity index (χ2n) is 11.2. The summed E-state index contributed by atoms with van der Waals surface area (Å²) < 4.78 is 5.84. The van der Waals surface area contributed by atoms with Gasteiger partial charge in [0, 0.05) is 12.0 Å². The van der Waals surface area contributed by atoms with Gasteiger partial charge in [-0.15, -0.1) is 0 Å². The minimum Gasteiger partial charge on any atom is -0.459 e. The van der Waals surface area contributed by atoms with E-state index < -0.39 is 24.3 Å². The van der Waals surface area contributed by atoms with Gasteiger partial charge in [-0.1, -0.05) is 64.5 Å². The summed E-state index contributed by atoms with van der Waals surface area (Å²) in [5.74, 6) is -0.351. The fourth-order valence-corrected chi connectivity index (χ4v) is 5.18. The molecule has 1 heterocycles. The second kappa shape index (κ2) is 17.1. The van der Waals surface area contributed by atoms with E-state index in [0.29, 0.717) is 19.3 Å². The summed E-state index contributed by atoms with van der Waals surface area (Å²) in [5, 5.41) is 41.6. The Morgan fingerprint density at radius 1 is 1.06 bits per heavy atom. The molecule has 0 saturated heterocycles. The molecule has 9 atom stereocenters. The number of carbonyl (C=O) groups is 1. The quantitative estimate of drug-likeness (QED) is 0.304. The number of esters is 1. The van der Waals surface area contributed by atoms with Crippen molar-refractivity contribution in [2.45, 2.75) is 123 Å². The smallest absolute Gasteiger partial charge is 0.331 e. The third-order valence-electron chi connectivity index (χ3n) is 7.49. The number of hydrogen-bond acceptors (Lipinski definition) is 6. The number of allylic oxidation sites excluding steroid dienone is 4. The number of rotatable bonds is 5. The molecule has 0 aromatic rings. The zero-order valence-electron chi connectivity index (χ0n) is 23.3. The number of ether oxygens (including phenoxy) is 1. The molecule has 36 heavy (non-hydrogen) atoms. The Kier molecular flexibility index (Phi) is 15.5. The van der Waals surface area contributed by atoms with Crippen LogP contribution in [0.2, 0.25) is 0 Å². The van der Waals surface area contributed by atoms with E-state index in [4.69, 9.17) is 4.74 Å². The molecule has 1 aliphatic rings. The van der Waals surface area contributed by atoms with Gasteiger partial charge < -0.3 is 25.2 Å². The van der Waals surface area contributed by atoms with Crippen LogP contribution in [0.25, 0.3) is 0 Å². The lowest BCUT2D eigenvalue weighted by Gasteiger charge is -2.30. The summed E-state index contributed by atoms with van der Waals surface area (Å²) in [6.07, 6.45) is 10.9. The van der Waals surface area contributed by atoms with Crippen LogP contribution >= 0.6 is 0 Å². The van der Waals surface area contributed by atoms with E-state index in [1.165, 1.54) is 11.6 Å². The average Bonchev–Trinajstić information content (AvgIpc) is 2.80. The van der Waals surface area contributed by atoms with Crippen LogP contribution in [0.15, 0.2) is 36.0 Å². The highest BCUT2D eigenvalue weighted by molar-refractivity contribution is 5.82. The van der Waals surface area contributed by atoms with Crippen LogP contribution in [0.5, 0.6) is 0 Å². The van der Waals surface area contributed by atoms with Crippen LogP contribution in [0.4, 0.5) is 0 Å². The van der Waals surface area contributed by atoms with Crippen molar-refractivity contribution in [3.8, 4) is 0 Å². The largest absolute Gasteiger partial charge is 0.459 e. The van der Waals surface area contributed by atoms with Crippen molar-refractivity contribution in [2.24, 2.45) is 23.7 Å². The molecule has 0 aromatic carbocycles. The van der Waals surface area contributed by atoms with Crippen molar-refractivity contribution in [1.29, 1.82) is 0 Å². The predicted molar refractivity (Wildman–Crippen MR) is 145 cm³/mol. The number of carbonyl (C=O) groups excluding carboxylic acids is 1. The number of hydrogen-bond donors (Lipinski definition) is 4. The molecule has 4 N–H and O–H groups in total. The standard InChI is InChI=1S/C30H52O6/c1-7-25(31)13-11-14-28-22(4)17-20(2)16-21(3)18-23(5)30(35)24(6)27(33)19-26(32)12-9-8-10-15-29(34)36-28/h8-10,15-16,20,22-28,30-33,35H,7,11-14,17-19H2,1-6H3/b9-8+,15-10+,21-16+. The first-order valence-electron chi connectivity index (χ1n) is 13.9. The Morgan fingerprint density at radius 2 is 1.75 bits per heavy atom. The molecule has 6 nitrogen and oxygen atoms in total. The van der Waals surface area contributed by atoms with Gasteiger partial charge in [0.25, 0.3) is 0 Å². The average molecular weight is 509 g/mol. The zero-order chi connectivity index (χ0) is 27.3. The highest BCUT2D eigenvalue weighted by Crippen LogP contribution is 2.28. The molecule has 0 bridgehead atoms. The van der Waals surface area contributed by atoms with Gasteiger partial charge in [0.15, 0.2) is 0 Å². The lowest BCUT2D eigenvalue weighted by Crippen LogP contribution is -2.36. The van der Waals surface area contributed by atoms with Crippen molar-refractivity contribution in [3.05, 3.63) is 36.0 Å². The van der Waals surface area contributed by atoms with Gasteiger partial charge in [0.1, 0.15) is 6.10 Å². The maximum atomic E-state index is 12.5. The summed E-state index contributed by atoms with van der Waals surface area (Å²) in [5.41, 5.74) is 1.19. The molecule has 9 unspecified atom stereocenters. The van der Waals surface area contributed by atoms with E-state index in [9.17, 15) is 25.2 Å². The fraction of sp³-hybridized carbons (Fsp3) is 0.767. The minimum absolute atomic E-state index is 0.0259. The van der Waals surface area contributed by atoms with Gasteiger partial charge in [-0.3, -0.25) is 0 Å². The first kappa shape index (κ1) is 32.6. The van der Waals surface area contributed by atoms with Crippen molar-refractivity contribution in [3.63, 3.8) is 0 Å². The van der Waals surface area contributed by atoms with Crippen molar-refractivity contribution >= 4 is 5.97 Å². The van der Waals surface area contributed by atoms with Crippen LogP contribution < -0.4 is 0 Å². The Hall–Kier alpha value is -1.47. The maximum Gasteiger partial charge on any atom is 0.331 e. The van der Waals surface area contributed by atoms with Crippen LogP contribution in [0, 0.1) is 23.7 Å². The van der Waals surface area contributed by atoms with Gasteiger partial charge in [-0.05, 0) is 76.0 Å². The Labute approximate surface area is 219 Å². The predicted octanol–water partition coefficient (Wildman–Crippen LogP) is 5.10. The van der Waals surface area contributed by atoms with Gasteiger partial charge in [-0.2, -0.15) is 0 Å². The fourth-order valence-electron chi connectivity index (χ4n) is 5.18. The molecule has 0 aromatic heterocycles. The lowest BCUT2D eigenvalue weighted by molar-refractivity contribution is -0.146. The van der Waals surface area contributed by atoms with Crippen LogP contribution in [-0.2, 0) is 9.53 Å². The van der Waals surface area contributed by atoms with E-state index in [1.54, 1.807) is 18.2 Å². The second-order valence-corrected chi connectivity index (χ2v) is 11.2. The minimum atomic E-state index is -0.804. The third-order valence-corrected chi connectivity index (χ3v) is 7.49. The molecule has 0 amide bonds. The number of aliphatic hydroxyl groups is 4. The van der Waals surface area contributed by atoms with E-state index in [0.717, 1.165) is 25.7 Å². The van der Waals surface area contributed by atoms with E-state index >= 15 is 0 Å². The van der Waals surface area contributed by atoms with Crippen molar-refractivity contribution in [2.75, 3.05) is 0 Å². The van der Waals surface area contributed by atoms with Gasteiger partial charge >= 0.3 is 5.97 Å². The molecule has 0 radical (unpaired) electrons. The van der Waals surface area contributed by atoms with Gasteiger partial charge in [-0.25, -0.2) is 4.79 Å². The molecule has 0 aliphatic carbocycles. The summed E-state index contributed by atoms with van der Waals surface area (Å²) in [6, 6.07) is 0. The van der Waals surface area contributed by atoms with Crippen LogP contribution in [0.1, 0.15) is 92.9 Å². The zero-order valence-corrected chi connectivity index (χ0v) is 23.3. The highest BCUT2D eigenvalue weighted by Gasteiger charge is 2.29. The molecule has 0 saturated carbocycles. The number of aliphatic hydroxyl groups excluding tert-OH is 4. The highest BCUT2D eigenvalue weighted by atomic mass is 16.5. The molecule has 1 rings (SSSR count). The number of cyclic esters (lactones) is 1. The topological polar surface area (TPSA) is 107 Å². The maximum absolute atomic E-state index is 12.5. The Morgan fingerprint density at radius 3 is 2.42 bits per heavy atom. The first-order valence-corrected chi connectivity index (χ1v) is 13.9. The summed E-state index contributed by atoms with van der Waals surface area (Å²) in [6.45, 7) is 12.1. The van der Waals surface area contributed by atoms with Gasteiger partial charge in [0.2, 0.25) is 0 Å². The van der Waals surface area contributed by atoms with Crippen LogP contribution in [-0.4, -0.2) is 56.9 Å². The molecular weight excluding hydrogens is 456 g/mol. The summed E-state index contributed by atoms with van der Waals surface area (Å²) in [4.78, 5) is 12.5. The van der Waals surface area contributed by atoms with E-state index in [-0.39, 0.29) is 42.3 Å². The van der Waals surface area contributed by atoms with Crippen molar-refractivity contribution < 1.29 is 30.0 Å². The molecule has 0 fully saturated rings. The van der Waals surface area contributed by atoms with Gasteiger partial charge in [0.05, 0.1) is 24.4 Å². The molecule has 6 heteroatoms. The van der Waals surface area contributed by atoms with E-state index in [1.807, 2.05) is 20.8 Å². The molecule has 1 aliphatic heterocycles. The summed E-state index contributed by atoms with van der Waals surface area (Å²) >= 11 is 0. The van der Waals surface area contributed by atoms with Crippen LogP contribution in [0.3, 0.4) is 0 Å². The lowest BCUT2D eigenvalue weighted by atomic mass is 9.83. The summed E-state index contributed by atoms with van der Waals surface area (Å²) in [7, 11) is 0.